The van der Waals surface area contributed by atoms with Crippen LogP contribution < -0.4 is 5.73 Å². The van der Waals surface area contributed by atoms with Crippen molar-refractivity contribution in [1.82, 2.24) is 0 Å². The molecule has 4 heteroatoms. The van der Waals surface area contributed by atoms with Crippen LogP contribution in [0.5, 0.6) is 0 Å². The molecule has 0 heterocycles. The number of hydrogen-bond donors (Lipinski definition) is 1. The van der Waals surface area contributed by atoms with Crippen molar-refractivity contribution in [2.24, 2.45) is 0 Å². The summed E-state index contributed by atoms with van der Waals surface area (Å²) in [5.74, 6) is 0.560. The van der Waals surface area contributed by atoms with Gasteiger partial charge in [-0.2, -0.15) is 0 Å². The number of nitrogens with two attached hydrogens (primary N) is 1. The van der Waals surface area contributed by atoms with Crippen molar-refractivity contribution in [3.8, 4) is 0 Å². The average Bonchev–Trinajstić information content (AvgIpc) is 2.21. The Morgan fingerprint density at radius 3 is 2.64 bits per heavy atom. The maximum Gasteiger partial charge on any atom is 0.306 e. The van der Waals surface area contributed by atoms with Gasteiger partial charge in [-0.15, -0.1) is 11.8 Å². The minimum absolute atomic E-state index is 0.173. The Hall–Kier alpha value is -1.16. The summed E-state index contributed by atoms with van der Waals surface area (Å²) in [4.78, 5) is 11.9. The fraction of sp³-hybridized carbons (Fsp3) is 0.300. The molecule has 1 aromatic carbocycles. The van der Waals surface area contributed by atoms with Crippen LogP contribution in [0.15, 0.2) is 29.2 Å². The highest BCUT2D eigenvalue weighted by Gasteiger charge is 2.00. The van der Waals surface area contributed by atoms with Gasteiger partial charge in [-0.3, -0.25) is 4.79 Å². The van der Waals surface area contributed by atoms with Gasteiger partial charge in [0.2, 0.25) is 0 Å². The highest BCUT2D eigenvalue weighted by molar-refractivity contribution is 7.99. The fourth-order valence-electron chi connectivity index (χ4n) is 0.918. The number of carbonyl (C=O) groups excluding carboxylic acids is 1. The number of benzene rings is 1. The molecule has 0 bridgehead atoms. The van der Waals surface area contributed by atoms with Gasteiger partial charge >= 0.3 is 5.97 Å². The number of carbonyl (C=O) groups is 1. The molecule has 0 aliphatic carbocycles. The van der Waals surface area contributed by atoms with Gasteiger partial charge in [-0.25, -0.2) is 0 Å². The van der Waals surface area contributed by atoms with Crippen molar-refractivity contribution in [3.63, 3.8) is 0 Å². The second-order valence-electron chi connectivity index (χ2n) is 2.74. The van der Waals surface area contributed by atoms with Crippen molar-refractivity contribution < 1.29 is 9.53 Å². The largest absolute Gasteiger partial charge is 0.469 e. The molecule has 2 N–H and O–H groups in total. The molecule has 1 aromatic rings. The summed E-state index contributed by atoms with van der Waals surface area (Å²) in [6.45, 7) is 0. The molecule has 0 atom stereocenters. The third kappa shape index (κ3) is 3.70. The quantitative estimate of drug-likeness (QED) is 0.469. The standard InChI is InChI=1S/C10H13NO2S/c1-13-10(12)6-7-14-9-4-2-8(11)3-5-9/h2-5H,6-7,11H2,1H3. The summed E-state index contributed by atoms with van der Waals surface area (Å²) in [7, 11) is 1.40. The normalized spacial score (nSPS) is 9.79. The molecule has 3 nitrogen and oxygen atoms in total. The van der Waals surface area contributed by atoms with Crippen LogP contribution in [0.2, 0.25) is 0 Å². The molecule has 14 heavy (non-hydrogen) atoms. The lowest BCUT2D eigenvalue weighted by Gasteiger charge is -2.01. The summed E-state index contributed by atoms with van der Waals surface area (Å²) in [5.41, 5.74) is 6.29. The Labute approximate surface area is 87.6 Å². The summed E-state index contributed by atoms with van der Waals surface area (Å²) in [6, 6.07) is 7.58. The molecule has 0 saturated heterocycles. The van der Waals surface area contributed by atoms with Crippen molar-refractivity contribution in [2.75, 3.05) is 18.6 Å². The zero-order valence-electron chi connectivity index (χ0n) is 8.03. The number of esters is 1. The Morgan fingerprint density at radius 1 is 1.43 bits per heavy atom. The molecule has 1 rings (SSSR count). The van der Waals surface area contributed by atoms with Crippen LogP contribution >= 0.6 is 11.8 Å². The first-order valence-electron chi connectivity index (χ1n) is 4.27. The number of thioether (sulfide) groups is 1. The SMILES string of the molecule is COC(=O)CCSc1ccc(N)cc1. The number of anilines is 1. The van der Waals surface area contributed by atoms with Gasteiger partial charge in [0.05, 0.1) is 13.5 Å². The molecule has 0 amide bonds. The third-order valence-electron chi connectivity index (χ3n) is 1.68. The van der Waals surface area contributed by atoms with Crippen LogP contribution in [0.3, 0.4) is 0 Å². The zero-order chi connectivity index (χ0) is 10.4. The Morgan fingerprint density at radius 2 is 2.07 bits per heavy atom. The molecular weight excluding hydrogens is 198 g/mol. The zero-order valence-corrected chi connectivity index (χ0v) is 8.84. The van der Waals surface area contributed by atoms with Crippen LogP contribution in [0.1, 0.15) is 6.42 Å². The molecule has 76 valence electrons. The minimum Gasteiger partial charge on any atom is -0.469 e. The molecule has 0 unspecified atom stereocenters. The van der Waals surface area contributed by atoms with Gasteiger partial charge in [-0.1, -0.05) is 0 Å². The van der Waals surface area contributed by atoms with E-state index in [1.165, 1.54) is 7.11 Å². The van der Waals surface area contributed by atoms with E-state index in [1.54, 1.807) is 11.8 Å². The van der Waals surface area contributed by atoms with Gasteiger partial charge in [0.25, 0.3) is 0 Å². The summed E-state index contributed by atoms with van der Waals surface area (Å²) < 4.78 is 4.53. The highest BCUT2D eigenvalue weighted by Crippen LogP contribution is 2.19. The highest BCUT2D eigenvalue weighted by atomic mass is 32.2. The van der Waals surface area contributed by atoms with Gasteiger partial charge in [0.15, 0.2) is 0 Å². The Bertz CT molecular complexity index is 297. The van der Waals surface area contributed by atoms with Crippen LogP contribution in [0.25, 0.3) is 0 Å². The van der Waals surface area contributed by atoms with Crippen molar-refractivity contribution in [1.29, 1.82) is 0 Å². The monoisotopic (exact) mass is 211 g/mol. The maximum atomic E-state index is 10.8. The molecule has 0 aliphatic heterocycles. The first-order chi connectivity index (χ1) is 6.72. The van der Waals surface area contributed by atoms with E-state index in [1.807, 2.05) is 24.3 Å². The fourth-order valence-corrected chi connectivity index (χ4v) is 1.75. The number of ether oxygens (including phenoxy) is 1. The van der Waals surface area contributed by atoms with Gasteiger partial charge < -0.3 is 10.5 Å². The Kier molecular flexibility index (Phi) is 4.32. The molecule has 0 radical (unpaired) electrons. The van der Waals surface area contributed by atoms with E-state index in [0.29, 0.717) is 6.42 Å². The summed E-state index contributed by atoms with van der Waals surface area (Å²) >= 11 is 1.62. The lowest BCUT2D eigenvalue weighted by molar-refractivity contribution is -0.140. The van der Waals surface area contributed by atoms with Crippen molar-refractivity contribution in [3.05, 3.63) is 24.3 Å². The average molecular weight is 211 g/mol. The number of rotatable bonds is 4. The second kappa shape index (κ2) is 5.54. The van der Waals surface area contributed by atoms with Crippen molar-refractivity contribution >= 4 is 23.4 Å². The van der Waals surface area contributed by atoms with Gasteiger partial charge in [0, 0.05) is 16.3 Å². The smallest absolute Gasteiger partial charge is 0.306 e. The predicted molar refractivity (Wildman–Crippen MR) is 58.2 cm³/mol. The second-order valence-corrected chi connectivity index (χ2v) is 3.91. The first-order valence-corrected chi connectivity index (χ1v) is 5.26. The molecule has 0 saturated carbocycles. The van der Waals surface area contributed by atoms with Gasteiger partial charge in [-0.05, 0) is 24.3 Å². The van der Waals surface area contributed by atoms with Crippen molar-refractivity contribution in [2.45, 2.75) is 11.3 Å². The predicted octanol–water partition coefficient (Wildman–Crippen LogP) is 1.92. The number of methoxy groups -OCH3 is 1. The number of nitrogen functional groups attached to an aromatic ring is 1. The lowest BCUT2D eigenvalue weighted by atomic mass is 10.3. The summed E-state index contributed by atoms with van der Waals surface area (Å²) in [5, 5.41) is 0. The van der Waals surface area contributed by atoms with E-state index in [9.17, 15) is 4.79 Å². The molecule has 0 aliphatic rings. The summed E-state index contributed by atoms with van der Waals surface area (Å²) in [6.07, 6.45) is 0.436. The van der Waals surface area contributed by atoms with E-state index >= 15 is 0 Å². The van der Waals surface area contributed by atoms with E-state index in [4.69, 9.17) is 5.73 Å². The van der Waals surface area contributed by atoms with E-state index < -0.39 is 0 Å². The minimum atomic E-state index is -0.173. The van der Waals surface area contributed by atoms with Crippen LogP contribution in [-0.2, 0) is 9.53 Å². The first kappa shape index (κ1) is 10.9. The maximum absolute atomic E-state index is 10.8. The van der Waals surface area contributed by atoms with Crippen LogP contribution in [-0.4, -0.2) is 18.8 Å². The topological polar surface area (TPSA) is 52.3 Å². The molecule has 0 spiro atoms. The molecular formula is C10H13NO2S. The third-order valence-corrected chi connectivity index (χ3v) is 2.70. The van der Waals surface area contributed by atoms with E-state index in [2.05, 4.69) is 4.74 Å². The van der Waals surface area contributed by atoms with Crippen LogP contribution in [0.4, 0.5) is 5.69 Å². The van der Waals surface area contributed by atoms with Crippen LogP contribution in [0, 0.1) is 0 Å². The molecule has 0 fully saturated rings. The lowest BCUT2D eigenvalue weighted by Crippen LogP contribution is -2.00. The molecule has 0 aromatic heterocycles. The number of hydrogen-bond acceptors (Lipinski definition) is 4. The van der Waals surface area contributed by atoms with E-state index in [0.717, 1.165) is 16.3 Å². The Balaban J connectivity index is 2.31. The van der Waals surface area contributed by atoms with Gasteiger partial charge in [0.1, 0.15) is 0 Å². The van der Waals surface area contributed by atoms with E-state index in [-0.39, 0.29) is 5.97 Å².